The number of benzene rings is 1. The zero-order valence-electron chi connectivity index (χ0n) is 7.71. The maximum Gasteiger partial charge on any atom is 0.0764 e. The van der Waals surface area contributed by atoms with E-state index in [9.17, 15) is 0 Å². The fourth-order valence-corrected chi connectivity index (χ4v) is 1.85. The molecule has 0 aliphatic heterocycles. The van der Waals surface area contributed by atoms with Crippen molar-refractivity contribution < 1.29 is 0 Å². The number of hydrogen-bond acceptors (Lipinski definition) is 3. The molecule has 1 aromatic carbocycles. The Morgan fingerprint density at radius 1 is 1.29 bits per heavy atom. The monoisotopic (exact) mass is 299 g/mol. The third-order valence-corrected chi connectivity index (χ3v) is 3.47. The van der Waals surface area contributed by atoms with Crippen molar-refractivity contribution in [3.8, 4) is 0 Å². The highest BCUT2D eigenvalue weighted by molar-refractivity contribution is 14.1. The first-order valence-electron chi connectivity index (χ1n) is 4.20. The van der Waals surface area contributed by atoms with Crippen LogP contribution >= 0.6 is 22.6 Å². The summed E-state index contributed by atoms with van der Waals surface area (Å²) in [4.78, 5) is 4.29. The smallest absolute Gasteiger partial charge is 0.0764 e. The first-order valence-corrected chi connectivity index (χ1v) is 5.28. The second-order valence-corrected chi connectivity index (χ2v) is 4.36. The zero-order chi connectivity index (χ0) is 10.3. The van der Waals surface area contributed by atoms with E-state index in [0.29, 0.717) is 11.4 Å². The third-order valence-electron chi connectivity index (χ3n) is 2.30. The average Bonchev–Trinajstić information content (AvgIpc) is 2.17. The van der Waals surface area contributed by atoms with Crippen LogP contribution in [0.5, 0.6) is 0 Å². The van der Waals surface area contributed by atoms with Crippen LogP contribution in [0, 0.1) is 10.5 Å². The van der Waals surface area contributed by atoms with Crippen molar-refractivity contribution in [1.82, 2.24) is 4.98 Å². The molecule has 4 heteroatoms. The third kappa shape index (κ3) is 1.30. The van der Waals surface area contributed by atoms with Crippen LogP contribution in [-0.4, -0.2) is 4.98 Å². The van der Waals surface area contributed by atoms with Crippen LogP contribution < -0.4 is 11.5 Å². The van der Waals surface area contributed by atoms with Crippen molar-refractivity contribution in [3.05, 3.63) is 27.5 Å². The lowest BCUT2D eigenvalue weighted by Gasteiger charge is -2.07. The first-order chi connectivity index (χ1) is 6.61. The van der Waals surface area contributed by atoms with E-state index in [4.69, 9.17) is 11.5 Å². The van der Waals surface area contributed by atoms with Gasteiger partial charge in [-0.1, -0.05) is 0 Å². The van der Waals surface area contributed by atoms with Crippen LogP contribution in [-0.2, 0) is 0 Å². The lowest BCUT2D eigenvalue weighted by molar-refractivity contribution is 1.35. The standard InChI is InChI=1S/C10H10IN3/c1-5-7(11)3-2-6-9(13)8(12)4-14-10(5)6/h2-4H,12H2,1H3,(H2,13,14). The zero-order valence-corrected chi connectivity index (χ0v) is 9.87. The fraction of sp³-hybridized carbons (Fsp3) is 0.100. The molecule has 72 valence electrons. The molecule has 0 spiro atoms. The largest absolute Gasteiger partial charge is 0.396 e. The number of nitrogens with zero attached hydrogens (tertiary/aromatic N) is 1. The lowest BCUT2D eigenvalue weighted by atomic mass is 10.1. The molecule has 0 radical (unpaired) electrons. The van der Waals surface area contributed by atoms with E-state index >= 15 is 0 Å². The highest BCUT2D eigenvalue weighted by Crippen LogP contribution is 2.28. The Morgan fingerprint density at radius 2 is 2.00 bits per heavy atom. The second-order valence-electron chi connectivity index (χ2n) is 3.20. The molecule has 0 saturated carbocycles. The molecule has 1 heterocycles. The van der Waals surface area contributed by atoms with E-state index < -0.39 is 0 Å². The molecule has 0 unspecified atom stereocenters. The first kappa shape index (κ1) is 9.51. The van der Waals surface area contributed by atoms with Crippen LogP contribution in [0.25, 0.3) is 10.9 Å². The number of aryl methyl sites for hydroxylation is 1. The van der Waals surface area contributed by atoms with Gasteiger partial charge in [-0.15, -0.1) is 0 Å². The molecule has 14 heavy (non-hydrogen) atoms. The molecule has 1 aromatic heterocycles. The lowest BCUT2D eigenvalue weighted by Crippen LogP contribution is -1.98. The Bertz CT molecular complexity index is 461. The molecule has 0 aliphatic rings. The van der Waals surface area contributed by atoms with E-state index in [1.54, 1.807) is 6.20 Å². The van der Waals surface area contributed by atoms with Gasteiger partial charge in [0.25, 0.3) is 0 Å². The van der Waals surface area contributed by atoms with Gasteiger partial charge in [0.2, 0.25) is 0 Å². The summed E-state index contributed by atoms with van der Waals surface area (Å²) in [6, 6.07) is 3.98. The number of rotatable bonds is 0. The van der Waals surface area contributed by atoms with Gasteiger partial charge in [0.1, 0.15) is 0 Å². The number of halogens is 1. The fourth-order valence-electron chi connectivity index (χ4n) is 1.42. The minimum absolute atomic E-state index is 0.540. The molecular formula is C10H10IN3. The number of nitrogens with two attached hydrogens (primary N) is 2. The second kappa shape index (κ2) is 3.27. The minimum atomic E-state index is 0.540. The summed E-state index contributed by atoms with van der Waals surface area (Å²) < 4.78 is 1.19. The number of aromatic nitrogens is 1. The predicted octanol–water partition coefficient (Wildman–Crippen LogP) is 2.31. The van der Waals surface area contributed by atoms with Crippen LogP contribution in [0.4, 0.5) is 11.4 Å². The summed E-state index contributed by atoms with van der Waals surface area (Å²) in [5.41, 5.74) is 14.8. The maximum atomic E-state index is 5.87. The van der Waals surface area contributed by atoms with Gasteiger partial charge < -0.3 is 11.5 Å². The summed E-state index contributed by atoms with van der Waals surface area (Å²) in [7, 11) is 0. The van der Waals surface area contributed by atoms with Crippen LogP contribution in [0.15, 0.2) is 18.3 Å². The predicted molar refractivity (Wildman–Crippen MR) is 68.0 cm³/mol. The van der Waals surface area contributed by atoms with Crippen molar-refractivity contribution >= 4 is 44.9 Å². The Balaban J connectivity index is 2.94. The number of hydrogen-bond donors (Lipinski definition) is 2. The van der Waals surface area contributed by atoms with Crippen LogP contribution in [0.2, 0.25) is 0 Å². The van der Waals surface area contributed by atoms with Gasteiger partial charge in [0.05, 0.1) is 23.1 Å². The summed E-state index contributed by atoms with van der Waals surface area (Å²) in [6.07, 6.45) is 1.61. The van der Waals surface area contributed by atoms with Gasteiger partial charge in [0.15, 0.2) is 0 Å². The summed E-state index contributed by atoms with van der Waals surface area (Å²) in [6.45, 7) is 2.03. The van der Waals surface area contributed by atoms with Gasteiger partial charge in [0, 0.05) is 8.96 Å². The number of nitrogen functional groups attached to an aromatic ring is 2. The van der Waals surface area contributed by atoms with E-state index in [1.165, 1.54) is 3.57 Å². The van der Waals surface area contributed by atoms with Gasteiger partial charge >= 0.3 is 0 Å². The van der Waals surface area contributed by atoms with E-state index in [1.807, 2.05) is 19.1 Å². The molecule has 0 fully saturated rings. The Hall–Kier alpha value is -1.04. The normalized spacial score (nSPS) is 10.7. The van der Waals surface area contributed by atoms with E-state index in [0.717, 1.165) is 16.5 Å². The molecule has 3 nitrogen and oxygen atoms in total. The highest BCUT2D eigenvalue weighted by atomic mass is 127. The van der Waals surface area contributed by atoms with Crippen molar-refractivity contribution in [1.29, 1.82) is 0 Å². The number of anilines is 2. The molecule has 0 amide bonds. The van der Waals surface area contributed by atoms with Crippen molar-refractivity contribution in [2.24, 2.45) is 0 Å². The van der Waals surface area contributed by atoms with E-state index in [-0.39, 0.29) is 0 Å². The summed E-state index contributed by atoms with van der Waals surface area (Å²) >= 11 is 2.28. The topological polar surface area (TPSA) is 64.9 Å². The Morgan fingerprint density at radius 3 is 2.71 bits per heavy atom. The van der Waals surface area contributed by atoms with Crippen molar-refractivity contribution in [2.45, 2.75) is 6.92 Å². The molecule has 2 aromatic rings. The summed E-state index contributed by atoms with van der Waals surface area (Å²) in [5, 5.41) is 0.933. The van der Waals surface area contributed by atoms with Crippen LogP contribution in [0.1, 0.15) is 5.56 Å². The van der Waals surface area contributed by atoms with Crippen molar-refractivity contribution in [3.63, 3.8) is 0 Å². The van der Waals surface area contributed by atoms with Crippen LogP contribution in [0.3, 0.4) is 0 Å². The molecule has 0 aliphatic carbocycles. The number of fused-ring (bicyclic) bond motifs is 1. The van der Waals surface area contributed by atoms with Gasteiger partial charge in [-0.3, -0.25) is 4.98 Å². The van der Waals surface area contributed by atoms with E-state index in [2.05, 4.69) is 27.6 Å². The van der Waals surface area contributed by atoms with Crippen molar-refractivity contribution in [2.75, 3.05) is 11.5 Å². The molecule has 0 atom stereocenters. The molecular weight excluding hydrogens is 289 g/mol. The SMILES string of the molecule is Cc1c(I)ccc2c(N)c(N)cnc12. The Labute approximate surface area is 95.6 Å². The quantitative estimate of drug-likeness (QED) is 0.734. The molecule has 0 saturated heterocycles. The molecule has 0 bridgehead atoms. The molecule has 4 N–H and O–H groups in total. The van der Waals surface area contributed by atoms with Gasteiger partial charge in [-0.05, 0) is 47.2 Å². The average molecular weight is 299 g/mol. The molecule has 2 rings (SSSR count). The number of pyridine rings is 1. The maximum absolute atomic E-state index is 5.87. The minimum Gasteiger partial charge on any atom is -0.396 e. The van der Waals surface area contributed by atoms with Gasteiger partial charge in [-0.25, -0.2) is 0 Å². The summed E-state index contributed by atoms with van der Waals surface area (Å²) in [5.74, 6) is 0. The Kier molecular flexibility index (Phi) is 2.22. The van der Waals surface area contributed by atoms with Gasteiger partial charge in [-0.2, -0.15) is 0 Å². The highest BCUT2D eigenvalue weighted by Gasteiger charge is 2.06.